The minimum absolute atomic E-state index is 0.0512. The number of amides is 3. The normalized spacial score (nSPS) is 27.1. The molecule has 10 rings (SSSR count). The minimum Gasteiger partial charge on any atom is -0.453 e. The molecule has 3 aliphatic heterocycles. The molecule has 1 unspecified atom stereocenters. The summed E-state index contributed by atoms with van der Waals surface area (Å²) in [6.45, 7) is 5.03. The van der Waals surface area contributed by atoms with Crippen molar-refractivity contribution in [3.8, 4) is 11.3 Å². The summed E-state index contributed by atoms with van der Waals surface area (Å²) >= 11 is 0. The maximum Gasteiger partial charge on any atom is 0.407 e. The largest absolute Gasteiger partial charge is 0.453 e. The van der Waals surface area contributed by atoms with E-state index in [-0.39, 0.29) is 40.8 Å². The van der Waals surface area contributed by atoms with E-state index < -0.39 is 12.1 Å². The fraction of sp³-hybridized carbons (Fsp3) is 0.543. The highest BCUT2D eigenvalue weighted by atomic mass is 16.5. The van der Waals surface area contributed by atoms with Crippen LogP contribution in [-0.2, 0) is 25.2 Å². The van der Waals surface area contributed by atoms with Crippen molar-refractivity contribution in [1.29, 1.82) is 0 Å². The van der Waals surface area contributed by atoms with Gasteiger partial charge < -0.3 is 29.8 Å². The lowest BCUT2D eigenvalue weighted by molar-refractivity contribution is -0.139. The number of carbonyl (C=O) groups excluding carboxylic acids is 3. The molecule has 2 aromatic heterocycles. The number of likely N-dealkylation sites (tertiary alicyclic amines) is 3. The number of ether oxygens (including phenoxy) is 1. The zero-order chi connectivity index (χ0) is 39.9. The van der Waals surface area contributed by atoms with Crippen LogP contribution in [0.5, 0.6) is 0 Å². The third-order valence-corrected chi connectivity index (χ3v) is 14.5. The Bertz CT molecular complexity index is 2060. The summed E-state index contributed by atoms with van der Waals surface area (Å²) in [5, 5.41) is 2.62. The number of carbonyl (C=O) groups is 3. The molecule has 3 saturated carbocycles. The quantitative estimate of drug-likeness (QED) is 0.150. The molecule has 6 aliphatic rings. The Kier molecular flexibility index (Phi) is 10.6. The van der Waals surface area contributed by atoms with Gasteiger partial charge in [-0.15, -0.1) is 0 Å². The van der Waals surface area contributed by atoms with Gasteiger partial charge in [0.15, 0.2) is 0 Å². The fourth-order valence-electron chi connectivity index (χ4n) is 11.1. The zero-order valence-corrected chi connectivity index (χ0v) is 34.1. The van der Waals surface area contributed by atoms with Gasteiger partial charge in [-0.3, -0.25) is 14.5 Å². The lowest BCUT2D eigenvalue weighted by Gasteiger charge is -2.53. The number of alkyl carbamates (subject to hydrolysis) is 1. The molecule has 3 amide bonds. The van der Waals surface area contributed by atoms with E-state index in [0.29, 0.717) is 6.54 Å². The molecule has 58 heavy (non-hydrogen) atoms. The van der Waals surface area contributed by atoms with Gasteiger partial charge in [0.1, 0.15) is 23.7 Å². The Labute approximate surface area is 341 Å². The summed E-state index contributed by atoms with van der Waals surface area (Å²) < 4.78 is 4.70. The van der Waals surface area contributed by atoms with Crippen LogP contribution in [0.4, 0.5) is 4.79 Å². The summed E-state index contributed by atoms with van der Waals surface area (Å²) in [5.41, 5.74) is 6.07. The van der Waals surface area contributed by atoms with Crippen LogP contribution in [-0.4, -0.2) is 91.9 Å². The van der Waals surface area contributed by atoms with Crippen LogP contribution in [0, 0.1) is 0 Å². The van der Waals surface area contributed by atoms with E-state index in [0.717, 1.165) is 125 Å². The van der Waals surface area contributed by atoms with Crippen molar-refractivity contribution in [1.82, 2.24) is 40.0 Å². The monoisotopic (exact) mass is 786 g/mol. The number of nitrogens with one attached hydrogen (secondary N) is 3. The molecule has 12 heteroatoms. The van der Waals surface area contributed by atoms with Crippen LogP contribution in [0.15, 0.2) is 67.0 Å². The van der Waals surface area contributed by atoms with Crippen LogP contribution in [0.25, 0.3) is 11.3 Å². The van der Waals surface area contributed by atoms with Crippen molar-refractivity contribution < 1.29 is 19.1 Å². The second-order valence-electron chi connectivity index (χ2n) is 17.6. The molecule has 0 radical (unpaired) electrons. The van der Waals surface area contributed by atoms with Crippen molar-refractivity contribution in [2.45, 2.75) is 125 Å². The predicted octanol–water partition coefficient (Wildman–Crippen LogP) is 7.64. The van der Waals surface area contributed by atoms with Gasteiger partial charge in [0.25, 0.3) is 0 Å². The van der Waals surface area contributed by atoms with Crippen LogP contribution < -0.4 is 5.32 Å². The van der Waals surface area contributed by atoms with E-state index >= 15 is 0 Å². The number of H-pyrrole nitrogens is 2. The standard InChI is InChI=1S/C46H58N8O4/c1-31(49-44(57)58-2)42(55)53-27-9-14-37(53)41-48-30-38(51-41)46-22-19-45(20-23-46,21-24-46)34-17-15-32(16-18-34)35-29-47-40(50-35)36-13-10-28-54(36)43(56)39(33-11-5-3-6-12-33)52-25-7-4-8-26-52/h3,5-6,11-12,15-18,29-31,36-37,39H,4,7-10,13-14,19-28H2,1-2H3,(H,47,50)(H,48,51)(H,49,57)/t31?,36-,37-,39+,45?,46?/m0/s1. The third-order valence-electron chi connectivity index (χ3n) is 14.5. The van der Waals surface area contributed by atoms with Crippen molar-refractivity contribution in [3.63, 3.8) is 0 Å². The van der Waals surface area contributed by atoms with Gasteiger partial charge in [-0.25, -0.2) is 14.8 Å². The number of piperidine rings is 1. The van der Waals surface area contributed by atoms with Gasteiger partial charge in [0.05, 0.1) is 31.1 Å². The topological polar surface area (TPSA) is 140 Å². The molecule has 5 heterocycles. The highest BCUT2D eigenvalue weighted by Crippen LogP contribution is 2.58. The van der Waals surface area contributed by atoms with Crippen molar-refractivity contribution in [2.75, 3.05) is 33.3 Å². The highest BCUT2D eigenvalue weighted by molar-refractivity contribution is 5.86. The zero-order valence-electron chi connectivity index (χ0n) is 34.1. The molecule has 3 N–H and O–H groups in total. The summed E-state index contributed by atoms with van der Waals surface area (Å²) in [7, 11) is 1.30. The van der Waals surface area contributed by atoms with Crippen molar-refractivity contribution in [3.05, 3.63) is 95.5 Å². The van der Waals surface area contributed by atoms with Crippen LogP contribution >= 0.6 is 0 Å². The molecule has 6 fully saturated rings. The van der Waals surface area contributed by atoms with Gasteiger partial charge in [-0.1, -0.05) is 61.0 Å². The summed E-state index contributed by atoms with van der Waals surface area (Å²) in [4.78, 5) is 62.9. The SMILES string of the molecule is COC(=O)NC(C)C(=O)N1CCC[C@H]1c1ncc(C23CCC(c4ccc(-c5cnc([C@@H]6CCCN6C(=O)[C@@H](c6ccccc6)N6CCCCC6)[nH]5)cc4)(CC2)CC3)[nH]1. The number of methoxy groups -OCH3 is 1. The van der Waals surface area contributed by atoms with Crippen molar-refractivity contribution >= 4 is 17.9 Å². The molecule has 3 aliphatic carbocycles. The van der Waals surface area contributed by atoms with E-state index in [1.165, 1.54) is 24.8 Å². The Morgan fingerprint density at radius 3 is 1.98 bits per heavy atom. The van der Waals surface area contributed by atoms with E-state index in [1.54, 1.807) is 6.92 Å². The number of fused-ring (bicyclic) bond motifs is 3. The van der Waals surface area contributed by atoms with E-state index in [4.69, 9.17) is 14.7 Å². The van der Waals surface area contributed by atoms with Gasteiger partial charge in [-0.2, -0.15) is 0 Å². The van der Waals surface area contributed by atoms with E-state index in [9.17, 15) is 14.4 Å². The molecule has 2 aromatic carbocycles. The van der Waals surface area contributed by atoms with E-state index in [2.05, 4.69) is 61.5 Å². The minimum atomic E-state index is -0.667. The first-order valence-corrected chi connectivity index (χ1v) is 21.7. The summed E-state index contributed by atoms with van der Waals surface area (Å²) in [6.07, 6.45) is 17.2. The number of rotatable bonds is 10. The average molecular weight is 787 g/mol. The first kappa shape index (κ1) is 38.5. The van der Waals surface area contributed by atoms with Gasteiger partial charge in [0.2, 0.25) is 11.8 Å². The maximum atomic E-state index is 14.4. The molecular weight excluding hydrogens is 729 g/mol. The number of hydrogen-bond acceptors (Lipinski definition) is 7. The van der Waals surface area contributed by atoms with Gasteiger partial charge >= 0.3 is 6.09 Å². The second-order valence-corrected chi connectivity index (χ2v) is 17.6. The van der Waals surface area contributed by atoms with Gasteiger partial charge in [-0.05, 0) is 119 Å². The number of aromatic nitrogens is 4. The smallest absolute Gasteiger partial charge is 0.407 e. The number of imidazole rings is 2. The lowest BCUT2D eigenvalue weighted by Crippen LogP contribution is -2.47. The molecule has 12 nitrogen and oxygen atoms in total. The highest BCUT2D eigenvalue weighted by Gasteiger charge is 2.51. The fourth-order valence-corrected chi connectivity index (χ4v) is 11.1. The first-order chi connectivity index (χ1) is 28.3. The Morgan fingerprint density at radius 2 is 1.33 bits per heavy atom. The average Bonchev–Trinajstić information content (AvgIpc) is 4.12. The van der Waals surface area contributed by atoms with Crippen molar-refractivity contribution in [2.24, 2.45) is 0 Å². The van der Waals surface area contributed by atoms with E-state index in [1.807, 2.05) is 35.5 Å². The number of hydrogen-bond donors (Lipinski definition) is 3. The van der Waals surface area contributed by atoms with Crippen LogP contribution in [0.3, 0.4) is 0 Å². The molecule has 306 valence electrons. The molecule has 4 aromatic rings. The molecule has 4 atom stereocenters. The van der Waals surface area contributed by atoms with Crippen LogP contribution in [0.1, 0.15) is 137 Å². The molecule has 3 saturated heterocycles. The number of benzene rings is 2. The summed E-state index contributed by atoms with van der Waals surface area (Å²) in [6, 6.07) is 18.4. The Balaban J connectivity index is 0.850. The lowest BCUT2D eigenvalue weighted by atomic mass is 9.51. The second kappa shape index (κ2) is 16.0. The first-order valence-electron chi connectivity index (χ1n) is 21.7. The Hall–Kier alpha value is -4.97. The number of aromatic amines is 2. The Morgan fingerprint density at radius 1 is 0.724 bits per heavy atom. The molecular formula is C46H58N8O4. The maximum absolute atomic E-state index is 14.4. The predicted molar refractivity (Wildman–Crippen MR) is 221 cm³/mol. The third kappa shape index (κ3) is 7.11. The van der Waals surface area contributed by atoms with Gasteiger partial charge in [0, 0.05) is 30.4 Å². The molecule has 2 bridgehead atoms. The number of nitrogens with zero attached hydrogens (tertiary/aromatic N) is 5. The molecule has 0 spiro atoms. The summed E-state index contributed by atoms with van der Waals surface area (Å²) in [5.74, 6) is 1.81. The van der Waals surface area contributed by atoms with Crippen LogP contribution in [0.2, 0.25) is 0 Å².